The lowest BCUT2D eigenvalue weighted by Crippen LogP contribution is -2.31. The molecule has 0 spiro atoms. The second kappa shape index (κ2) is 8.66. The number of hydrogen-bond donors (Lipinski definition) is 2. The molecule has 1 amide bonds. The Bertz CT molecular complexity index is 349. The molecule has 1 rings (SSSR count). The quantitative estimate of drug-likeness (QED) is 0.321. The zero-order valence-corrected chi connectivity index (χ0v) is 10.9. The number of ether oxygens (including phenoxy) is 1. The first kappa shape index (κ1) is 14.7. The molecule has 1 aromatic carbocycles. The number of amides is 1. The first-order valence-corrected chi connectivity index (χ1v) is 6.41. The number of rotatable bonds is 8. The Morgan fingerprint density at radius 1 is 1.22 bits per heavy atom. The standard InChI is InChI=1S/C14H22N2O2/c1-2-3-4-9-18-11-13-7-5-12(6-8-13)10-14(17)16-15/h5-8H,2-4,9-11,15H2,1H3,(H,16,17). The van der Waals surface area contributed by atoms with Gasteiger partial charge in [-0.25, -0.2) is 5.84 Å². The predicted octanol–water partition coefficient (Wildman–Crippen LogP) is 1.93. The summed E-state index contributed by atoms with van der Waals surface area (Å²) in [5.41, 5.74) is 4.20. The van der Waals surface area contributed by atoms with Crippen molar-refractivity contribution in [1.29, 1.82) is 0 Å². The molecule has 0 heterocycles. The molecule has 3 N–H and O–H groups in total. The molecular weight excluding hydrogens is 228 g/mol. The molecule has 0 aromatic heterocycles. The van der Waals surface area contributed by atoms with E-state index in [-0.39, 0.29) is 5.91 Å². The van der Waals surface area contributed by atoms with Crippen LogP contribution in [0.15, 0.2) is 24.3 Å². The molecule has 18 heavy (non-hydrogen) atoms. The second-order valence-electron chi connectivity index (χ2n) is 4.32. The zero-order chi connectivity index (χ0) is 13.2. The van der Waals surface area contributed by atoms with Gasteiger partial charge in [-0.2, -0.15) is 0 Å². The fraction of sp³-hybridized carbons (Fsp3) is 0.500. The zero-order valence-electron chi connectivity index (χ0n) is 10.9. The van der Waals surface area contributed by atoms with E-state index in [4.69, 9.17) is 10.6 Å². The van der Waals surface area contributed by atoms with Crippen molar-refractivity contribution in [3.05, 3.63) is 35.4 Å². The number of unbranched alkanes of at least 4 members (excludes halogenated alkanes) is 2. The van der Waals surface area contributed by atoms with Gasteiger partial charge in [0.25, 0.3) is 0 Å². The first-order valence-electron chi connectivity index (χ1n) is 6.41. The van der Waals surface area contributed by atoms with Gasteiger partial charge >= 0.3 is 0 Å². The lowest BCUT2D eigenvalue weighted by atomic mass is 10.1. The highest BCUT2D eigenvalue weighted by atomic mass is 16.5. The average molecular weight is 250 g/mol. The molecule has 4 heteroatoms. The van der Waals surface area contributed by atoms with Crippen LogP contribution in [0.5, 0.6) is 0 Å². The second-order valence-corrected chi connectivity index (χ2v) is 4.32. The van der Waals surface area contributed by atoms with E-state index in [0.29, 0.717) is 13.0 Å². The van der Waals surface area contributed by atoms with Crippen molar-refractivity contribution in [2.24, 2.45) is 5.84 Å². The Kier molecular flexibility index (Phi) is 7.06. The van der Waals surface area contributed by atoms with E-state index >= 15 is 0 Å². The van der Waals surface area contributed by atoms with Crippen molar-refractivity contribution in [2.75, 3.05) is 6.61 Å². The summed E-state index contributed by atoms with van der Waals surface area (Å²) in [5.74, 6) is 4.85. The Morgan fingerprint density at radius 3 is 2.50 bits per heavy atom. The van der Waals surface area contributed by atoms with Gasteiger partial charge in [0.05, 0.1) is 13.0 Å². The van der Waals surface area contributed by atoms with Gasteiger partial charge in [0.15, 0.2) is 0 Å². The third-order valence-corrected chi connectivity index (χ3v) is 2.71. The van der Waals surface area contributed by atoms with Gasteiger partial charge in [-0.15, -0.1) is 0 Å². The minimum Gasteiger partial charge on any atom is -0.377 e. The summed E-state index contributed by atoms with van der Waals surface area (Å²) in [7, 11) is 0. The molecular formula is C14H22N2O2. The molecule has 0 atom stereocenters. The highest BCUT2D eigenvalue weighted by Gasteiger charge is 2.01. The third kappa shape index (κ3) is 5.80. The van der Waals surface area contributed by atoms with E-state index in [1.807, 2.05) is 24.3 Å². The van der Waals surface area contributed by atoms with E-state index < -0.39 is 0 Å². The SMILES string of the molecule is CCCCCOCc1ccc(CC(=O)NN)cc1. The topological polar surface area (TPSA) is 64.3 Å². The van der Waals surface area contributed by atoms with Gasteiger partial charge in [0.2, 0.25) is 5.91 Å². The molecule has 1 aromatic rings. The van der Waals surface area contributed by atoms with Gasteiger partial charge in [0.1, 0.15) is 0 Å². The number of carbonyl (C=O) groups excluding carboxylic acids is 1. The lowest BCUT2D eigenvalue weighted by molar-refractivity contribution is -0.120. The number of benzene rings is 1. The smallest absolute Gasteiger partial charge is 0.238 e. The Hall–Kier alpha value is -1.39. The maximum Gasteiger partial charge on any atom is 0.238 e. The molecule has 0 saturated heterocycles. The predicted molar refractivity (Wildman–Crippen MR) is 71.7 cm³/mol. The summed E-state index contributed by atoms with van der Waals surface area (Å²) >= 11 is 0. The summed E-state index contributed by atoms with van der Waals surface area (Å²) in [4.78, 5) is 11.1. The van der Waals surface area contributed by atoms with Gasteiger partial charge in [-0.1, -0.05) is 44.0 Å². The highest BCUT2D eigenvalue weighted by molar-refractivity contribution is 5.77. The molecule has 0 aliphatic carbocycles. The summed E-state index contributed by atoms with van der Waals surface area (Å²) in [6, 6.07) is 7.83. The van der Waals surface area contributed by atoms with Crippen LogP contribution in [0.1, 0.15) is 37.3 Å². The van der Waals surface area contributed by atoms with Crippen molar-refractivity contribution < 1.29 is 9.53 Å². The molecule has 0 fully saturated rings. The third-order valence-electron chi connectivity index (χ3n) is 2.71. The van der Waals surface area contributed by atoms with Crippen LogP contribution >= 0.6 is 0 Å². The summed E-state index contributed by atoms with van der Waals surface area (Å²) in [5, 5.41) is 0. The fourth-order valence-electron chi connectivity index (χ4n) is 1.63. The van der Waals surface area contributed by atoms with Crippen molar-refractivity contribution in [3.8, 4) is 0 Å². The Morgan fingerprint density at radius 2 is 1.89 bits per heavy atom. The van der Waals surface area contributed by atoms with Crippen molar-refractivity contribution in [3.63, 3.8) is 0 Å². The van der Waals surface area contributed by atoms with Crippen molar-refractivity contribution >= 4 is 5.91 Å². The van der Waals surface area contributed by atoms with Crippen LogP contribution < -0.4 is 11.3 Å². The van der Waals surface area contributed by atoms with Gasteiger partial charge in [-0.3, -0.25) is 10.2 Å². The maximum atomic E-state index is 11.1. The number of hydrogen-bond acceptors (Lipinski definition) is 3. The first-order chi connectivity index (χ1) is 8.76. The van der Waals surface area contributed by atoms with E-state index in [9.17, 15) is 4.79 Å². The van der Waals surface area contributed by atoms with Crippen LogP contribution in [0.2, 0.25) is 0 Å². The van der Waals surface area contributed by atoms with E-state index in [1.165, 1.54) is 12.8 Å². The van der Waals surface area contributed by atoms with Gasteiger partial charge in [-0.05, 0) is 17.5 Å². The normalized spacial score (nSPS) is 10.3. The molecule has 100 valence electrons. The molecule has 0 aliphatic rings. The van der Waals surface area contributed by atoms with E-state index in [1.54, 1.807) is 0 Å². The minimum atomic E-state index is -0.182. The highest BCUT2D eigenvalue weighted by Crippen LogP contribution is 2.07. The van der Waals surface area contributed by atoms with Crippen molar-refractivity contribution in [1.82, 2.24) is 5.43 Å². The number of hydrazine groups is 1. The van der Waals surface area contributed by atoms with Crippen LogP contribution in [0.25, 0.3) is 0 Å². The molecule has 0 saturated carbocycles. The van der Waals surface area contributed by atoms with Crippen LogP contribution in [0.3, 0.4) is 0 Å². The van der Waals surface area contributed by atoms with Gasteiger partial charge < -0.3 is 4.74 Å². The Labute approximate surface area is 108 Å². The summed E-state index contributed by atoms with van der Waals surface area (Å²) in [6.07, 6.45) is 3.85. The van der Waals surface area contributed by atoms with Crippen LogP contribution in [-0.2, 0) is 22.6 Å². The fourth-order valence-corrected chi connectivity index (χ4v) is 1.63. The maximum absolute atomic E-state index is 11.1. The van der Waals surface area contributed by atoms with Crippen LogP contribution in [-0.4, -0.2) is 12.5 Å². The summed E-state index contributed by atoms with van der Waals surface area (Å²) in [6.45, 7) is 3.62. The minimum absolute atomic E-state index is 0.182. The van der Waals surface area contributed by atoms with Crippen LogP contribution in [0.4, 0.5) is 0 Å². The monoisotopic (exact) mass is 250 g/mol. The van der Waals surface area contributed by atoms with E-state index in [0.717, 1.165) is 24.2 Å². The van der Waals surface area contributed by atoms with E-state index in [2.05, 4.69) is 12.3 Å². The number of nitrogens with two attached hydrogens (primary N) is 1. The largest absolute Gasteiger partial charge is 0.377 e. The molecule has 0 radical (unpaired) electrons. The van der Waals surface area contributed by atoms with Crippen molar-refractivity contribution in [2.45, 2.75) is 39.2 Å². The van der Waals surface area contributed by atoms with Gasteiger partial charge in [0, 0.05) is 6.61 Å². The average Bonchev–Trinajstić information content (AvgIpc) is 2.40. The number of nitrogens with one attached hydrogen (secondary N) is 1. The molecule has 0 unspecified atom stereocenters. The van der Waals surface area contributed by atoms with Crippen LogP contribution in [0, 0.1) is 0 Å². The summed E-state index contributed by atoms with van der Waals surface area (Å²) < 4.78 is 5.56. The molecule has 0 aliphatic heterocycles. The molecule has 0 bridgehead atoms. The lowest BCUT2D eigenvalue weighted by Gasteiger charge is -2.05. The Balaban J connectivity index is 2.29. The number of carbonyl (C=O) groups is 1. The molecule has 4 nitrogen and oxygen atoms in total.